The summed E-state index contributed by atoms with van der Waals surface area (Å²) in [6.45, 7) is 0. The smallest absolute Gasteiger partial charge is 0.270 e. The van der Waals surface area contributed by atoms with E-state index in [0.717, 1.165) is 10.9 Å². The van der Waals surface area contributed by atoms with Crippen LogP contribution < -0.4 is 10.1 Å². The summed E-state index contributed by atoms with van der Waals surface area (Å²) >= 11 is 0. The van der Waals surface area contributed by atoms with E-state index in [1.807, 2.05) is 0 Å². The van der Waals surface area contributed by atoms with E-state index in [0.29, 0.717) is 5.69 Å². The number of aromatic nitrogens is 2. The van der Waals surface area contributed by atoms with Gasteiger partial charge in [0.2, 0.25) is 0 Å². The molecule has 1 heterocycles. The highest BCUT2D eigenvalue weighted by Crippen LogP contribution is 2.25. The molecule has 8 nitrogen and oxygen atoms in total. The van der Waals surface area contributed by atoms with Crippen molar-refractivity contribution in [3.63, 3.8) is 0 Å². The highest BCUT2D eigenvalue weighted by molar-refractivity contribution is 6.07. The van der Waals surface area contributed by atoms with E-state index >= 15 is 0 Å². The fourth-order valence-corrected chi connectivity index (χ4v) is 2.21. The number of hydrogen-bond donors (Lipinski definition) is 2. The highest BCUT2D eigenvalue weighted by Gasteiger charge is 2.17. The standard InChI is InChI=1S/C15H12N4O4/c1-23-14-5-3-11(19(21)22)7-12(14)15(20)17-10-2-4-13-9(6-10)8-16-18-13/h2-8H,1H3,(H,16,18)(H,17,20). The molecule has 0 saturated heterocycles. The minimum Gasteiger partial charge on any atom is -0.496 e. The van der Waals surface area contributed by atoms with Gasteiger partial charge in [0.1, 0.15) is 5.75 Å². The van der Waals surface area contributed by atoms with Gasteiger partial charge < -0.3 is 10.1 Å². The van der Waals surface area contributed by atoms with Crippen LogP contribution in [0.4, 0.5) is 11.4 Å². The number of nitro benzene ring substituents is 1. The number of nitro groups is 1. The van der Waals surface area contributed by atoms with Crippen LogP contribution >= 0.6 is 0 Å². The summed E-state index contributed by atoms with van der Waals surface area (Å²) < 4.78 is 5.10. The molecule has 1 amide bonds. The molecule has 3 aromatic rings. The number of carbonyl (C=O) groups excluding carboxylic acids is 1. The molecule has 0 atom stereocenters. The predicted molar refractivity (Wildman–Crippen MR) is 83.7 cm³/mol. The lowest BCUT2D eigenvalue weighted by Gasteiger charge is -2.09. The second-order valence-corrected chi connectivity index (χ2v) is 4.77. The summed E-state index contributed by atoms with van der Waals surface area (Å²) in [5, 5.41) is 21.1. The average molecular weight is 312 g/mol. The summed E-state index contributed by atoms with van der Waals surface area (Å²) in [5.41, 5.74) is 1.31. The van der Waals surface area contributed by atoms with Crippen molar-refractivity contribution in [2.24, 2.45) is 0 Å². The zero-order valence-corrected chi connectivity index (χ0v) is 12.1. The van der Waals surface area contributed by atoms with Gasteiger partial charge in [0, 0.05) is 23.2 Å². The highest BCUT2D eigenvalue weighted by atomic mass is 16.6. The first-order chi connectivity index (χ1) is 11.1. The van der Waals surface area contributed by atoms with Crippen molar-refractivity contribution in [2.45, 2.75) is 0 Å². The molecule has 0 fully saturated rings. The van der Waals surface area contributed by atoms with Crippen LogP contribution in [0.25, 0.3) is 10.9 Å². The van der Waals surface area contributed by atoms with Gasteiger partial charge >= 0.3 is 0 Å². The number of carbonyl (C=O) groups is 1. The molecular formula is C15H12N4O4. The minimum absolute atomic E-state index is 0.0917. The molecule has 0 radical (unpaired) electrons. The average Bonchev–Trinajstić information content (AvgIpc) is 3.01. The SMILES string of the molecule is COc1ccc([N+](=O)[O-])cc1C(=O)Nc1ccc2[nH]ncc2c1. The number of non-ortho nitro benzene ring substituents is 1. The largest absolute Gasteiger partial charge is 0.496 e. The van der Waals surface area contributed by atoms with Crippen molar-refractivity contribution in [1.29, 1.82) is 0 Å². The normalized spacial score (nSPS) is 10.5. The van der Waals surface area contributed by atoms with E-state index in [-0.39, 0.29) is 17.0 Å². The maximum absolute atomic E-state index is 12.4. The number of nitrogens with zero attached hydrogens (tertiary/aromatic N) is 2. The van der Waals surface area contributed by atoms with Gasteiger partial charge in [-0.05, 0) is 24.3 Å². The Labute approximate surface area is 130 Å². The molecule has 0 aliphatic carbocycles. The van der Waals surface area contributed by atoms with Crippen molar-refractivity contribution in [1.82, 2.24) is 10.2 Å². The van der Waals surface area contributed by atoms with Gasteiger partial charge in [-0.2, -0.15) is 5.10 Å². The second-order valence-electron chi connectivity index (χ2n) is 4.77. The van der Waals surface area contributed by atoms with Gasteiger partial charge in [-0.25, -0.2) is 0 Å². The molecule has 0 aliphatic rings. The van der Waals surface area contributed by atoms with Gasteiger partial charge in [0.15, 0.2) is 0 Å². The Morgan fingerprint density at radius 3 is 2.87 bits per heavy atom. The minimum atomic E-state index is -0.562. The maximum Gasteiger partial charge on any atom is 0.270 e. The lowest BCUT2D eigenvalue weighted by atomic mass is 10.1. The van der Waals surface area contributed by atoms with Gasteiger partial charge in [0.05, 0.1) is 29.3 Å². The molecule has 2 N–H and O–H groups in total. The number of aromatic amines is 1. The lowest BCUT2D eigenvalue weighted by Crippen LogP contribution is -2.13. The summed E-state index contributed by atoms with van der Waals surface area (Å²) in [6.07, 6.45) is 1.64. The predicted octanol–water partition coefficient (Wildman–Crippen LogP) is 2.73. The summed E-state index contributed by atoms with van der Waals surface area (Å²) in [6, 6.07) is 9.11. The Bertz CT molecular complexity index is 903. The second kappa shape index (κ2) is 5.76. The zero-order valence-electron chi connectivity index (χ0n) is 12.1. The number of rotatable bonds is 4. The molecule has 116 valence electrons. The molecule has 2 aromatic carbocycles. The zero-order chi connectivity index (χ0) is 16.4. The molecule has 23 heavy (non-hydrogen) atoms. The van der Waals surface area contributed by atoms with Crippen LogP contribution in [-0.2, 0) is 0 Å². The van der Waals surface area contributed by atoms with Crippen LogP contribution in [0.3, 0.4) is 0 Å². The summed E-state index contributed by atoms with van der Waals surface area (Å²) in [5.74, 6) is -0.231. The van der Waals surface area contributed by atoms with E-state index in [2.05, 4.69) is 15.5 Å². The molecule has 0 saturated carbocycles. The van der Waals surface area contributed by atoms with E-state index in [9.17, 15) is 14.9 Å². The summed E-state index contributed by atoms with van der Waals surface area (Å²) in [7, 11) is 1.40. The van der Waals surface area contributed by atoms with Crippen LogP contribution in [0.1, 0.15) is 10.4 Å². The molecule has 0 spiro atoms. The van der Waals surface area contributed by atoms with Gasteiger partial charge in [-0.3, -0.25) is 20.0 Å². The van der Waals surface area contributed by atoms with Crippen LogP contribution in [0.15, 0.2) is 42.6 Å². The molecular weight excluding hydrogens is 300 g/mol. The van der Waals surface area contributed by atoms with E-state index in [1.54, 1.807) is 24.4 Å². The van der Waals surface area contributed by atoms with Crippen molar-refractivity contribution in [3.8, 4) is 5.75 Å². The van der Waals surface area contributed by atoms with E-state index < -0.39 is 10.8 Å². The number of benzene rings is 2. The van der Waals surface area contributed by atoms with E-state index in [1.165, 1.54) is 25.3 Å². The fraction of sp³-hybridized carbons (Fsp3) is 0.0667. The Balaban J connectivity index is 1.92. The first-order valence-electron chi connectivity index (χ1n) is 6.65. The lowest BCUT2D eigenvalue weighted by molar-refractivity contribution is -0.384. The number of hydrogen-bond acceptors (Lipinski definition) is 5. The Morgan fingerprint density at radius 1 is 1.30 bits per heavy atom. The van der Waals surface area contributed by atoms with Gasteiger partial charge in [0.25, 0.3) is 11.6 Å². The van der Waals surface area contributed by atoms with Crippen LogP contribution in [0, 0.1) is 10.1 Å². The van der Waals surface area contributed by atoms with Gasteiger partial charge in [-0.1, -0.05) is 0 Å². The number of methoxy groups -OCH3 is 1. The van der Waals surface area contributed by atoms with Crippen LogP contribution in [0.2, 0.25) is 0 Å². The number of fused-ring (bicyclic) bond motifs is 1. The molecule has 3 rings (SSSR count). The third-order valence-corrected chi connectivity index (χ3v) is 3.34. The number of ether oxygens (including phenoxy) is 1. The third-order valence-electron chi connectivity index (χ3n) is 3.34. The van der Waals surface area contributed by atoms with Crippen molar-refractivity contribution in [2.75, 3.05) is 12.4 Å². The quantitative estimate of drug-likeness (QED) is 0.568. The first kappa shape index (κ1) is 14.5. The number of H-pyrrole nitrogens is 1. The van der Waals surface area contributed by atoms with Crippen molar-refractivity contribution in [3.05, 3.63) is 58.3 Å². The molecule has 0 aliphatic heterocycles. The molecule has 0 unspecified atom stereocenters. The first-order valence-corrected chi connectivity index (χ1v) is 6.65. The van der Waals surface area contributed by atoms with Gasteiger partial charge in [-0.15, -0.1) is 0 Å². The Morgan fingerprint density at radius 2 is 2.13 bits per heavy atom. The number of anilines is 1. The molecule has 0 bridgehead atoms. The van der Waals surface area contributed by atoms with Crippen LogP contribution in [0.5, 0.6) is 5.75 Å². The van der Waals surface area contributed by atoms with Crippen molar-refractivity contribution < 1.29 is 14.5 Å². The number of amides is 1. The maximum atomic E-state index is 12.4. The monoisotopic (exact) mass is 312 g/mol. The Hall–Kier alpha value is -3.42. The van der Waals surface area contributed by atoms with E-state index in [4.69, 9.17) is 4.74 Å². The Kier molecular flexibility index (Phi) is 3.63. The summed E-state index contributed by atoms with van der Waals surface area (Å²) in [4.78, 5) is 22.7. The number of nitrogens with one attached hydrogen (secondary N) is 2. The van der Waals surface area contributed by atoms with Crippen molar-refractivity contribution >= 4 is 28.2 Å². The molecule has 1 aromatic heterocycles. The third kappa shape index (κ3) is 2.82. The topological polar surface area (TPSA) is 110 Å². The fourth-order valence-electron chi connectivity index (χ4n) is 2.21. The van der Waals surface area contributed by atoms with Crippen LogP contribution in [-0.4, -0.2) is 28.1 Å². The molecule has 8 heteroatoms.